The number of pyridine rings is 1. The number of β-amino-alcohol motifs (C(OH)–C–C–N with tert-alkyl or cyclic N) is 1. The molecule has 4 heterocycles. The highest BCUT2D eigenvalue weighted by Gasteiger charge is 2.23. The van der Waals surface area contributed by atoms with Gasteiger partial charge in [0.1, 0.15) is 18.2 Å². The van der Waals surface area contributed by atoms with Gasteiger partial charge in [0.15, 0.2) is 12.2 Å². The highest BCUT2D eigenvalue weighted by atomic mass is 16.5. The number of piperidine rings is 1. The van der Waals surface area contributed by atoms with Crippen LogP contribution in [0.25, 0.3) is 0 Å². The van der Waals surface area contributed by atoms with Crippen LogP contribution in [0.4, 0.5) is 5.82 Å². The van der Waals surface area contributed by atoms with Crippen molar-refractivity contribution in [2.45, 2.75) is 58.4 Å². The van der Waals surface area contributed by atoms with Crippen LogP contribution in [-0.2, 0) is 24.4 Å². The number of aliphatic hydroxyl groups excluding tert-OH is 1. The van der Waals surface area contributed by atoms with Gasteiger partial charge in [0, 0.05) is 63.9 Å². The second kappa shape index (κ2) is 13.9. The molecule has 1 fully saturated rings. The number of oxazole rings is 1. The van der Waals surface area contributed by atoms with Crippen LogP contribution < -0.4 is 20.1 Å². The van der Waals surface area contributed by atoms with Gasteiger partial charge in [-0.05, 0) is 55.5 Å². The molecular weight excluding hydrogens is 552 g/mol. The molecule has 2 aromatic heterocycles. The molecule has 0 bridgehead atoms. The van der Waals surface area contributed by atoms with E-state index in [-0.39, 0.29) is 24.4 Å². The summed E-state index contributed by atoms with van der Waals surface area (Å²) in [5.74, 6) is 2.14. The highest BCUT2D eigenvalue weighted by molar-refractivity contribution is 5.95. The molecule has 3 N–H and O–H groups in total. The molecule has 1 saturated heterocycles. The quantitative estimate of drug-likeness (QED) is 0.304. The number of nitrogens with one attached hydrogen (secondary N) is 2. The Balaban J connectivity index is 1.09. The number of benzene rings is 1. The number of nitrogens with zero attached hydrogens (tertiary/aromatic N) is 4. The van der Waals surface area contributed by atoms with E-state index in [1.54, 1.807) is 19.1 Å². The van der Waals surface area contributed by atoms with E-state index >= 15 is 0 Å². The van der Waals surface area contributed by atoms with Crippen molar-refractivity contribution in [1.82, 2.24) is 25.1 Å². The molecule has 1 atom stereocenters. The number of aryl methyl sites for hydroxylation is 1. The van der Waals surface area contributed by atoms with Crippen molar-refractivity contribution in [1.29, 1.82) is 0 Å². The number of carbonyl (C=O) groups is 2. The average molecular weight is 593 g/mol. The Labute approximate surface area is 251 Å². The molecule has 2 amide bonds. The molecule has 12 heteroatoms. The van der Waals surface area contributed by atoms with Crippen LogP contribution in [0, 0.1) is 6.92 Å². The maximum Gasteiger partial charge on any atom is 0.251 e. The largest absolute Gasteiger partial charge is 0.486 e. The molecular formula is C31H40N6O6. The Hall–Kier alpha value is -4.16. The van der Waals surface area contributed by atoms with Gasteiger partial charge in [0.2, 0.25) is 11.8 Å². The summed E-state index contributed by atoms with van der Waals surface area (Å²) in [5.41, 5.74) is 3.64. The molecule has 230 valence electrons. The molecule has 12 nitrogen and oxygen atoms in total. The second-order valence-corrected chi connectivity index (χ2v) is 11.1. The number of rotatable bonds is 11. The summed E-state index contributed by atoms with van der Waals surface area (Å²) in [7, 11) is 1.51. The Kier molecular flexibility index (Phi) is 9.78. The van der Waals surface area contributed by atoms with Crippen molar-refractivity contribution in [3.05, 3.63) is 64.9 Å². The first-order chi connectivity index (χ1) is 20.8. The van der Waals surface area contributed by atoms with Crippen molar-refractivity contribution in [2.75, 3.05) is 45.2 Å². The van der Waals surface area contributed by atoms with E-state index in [9.17, 15) is 14.7 Å². The van der Waals surface area contributed by atoms with Gasteiger partial charge in [-0.15, -0.1) is 0 Å². The van der Waals surface area contributed by atoms with E-state index < -0.39 is 6.10 Å². The lowest BCUT2D eigenvalue weighted by Crippen LogP contribution is -2.42. The molecule has 0 radical (unpaired) electrons. The molecule has 0 saturated carbocycles. The number of amides is 2. The van der Waals surface area contributed by atoms with Crippen LogP contribution in [0.15, 0.2) is 41.1 Å². The average Bonchev–Trinajstić information content (AvgIpc) is 3.43. The number of likely N-dealkylation sites (tertiary alicyclic amines) is 1. The number of aromatic nitrogens is 2. The Morgan fingerprint density at radius 2 is 1.98 bits per heavy atom. The number of carbonyl (C=O) groups excluding carboxylic acids is 2. The van der Waals surface area contributed by atoms with Crippen molar-refractivity contribution in [2.24, 2.45) is 0 Å². The first kappa shape index (κ1) is 30.3. The summed E-state index contributed by atoms with van der Waals surface area (Å²) >= 11 is 0. The summed E-state index contributed by atoms with van der Waals surface area (Å²) in [6.07, 6.45) is 3.12. The van der Waals surface area contributed by atoms with E-state index in [4.69, 9.17) is 13.9 Å². The third-order valence-corrected chi connectivity index (χ3v) is 8.02. The van der Waals surface area contributed by atoms with Crippen LogP contribution in [0.2, 0.25) is 0 Å². The van der Waals surface area contributed by atoms with Gasteiger partial charge >= 0.3 is 0 Å². The van der Waals surface area contributed by atoms with Crippen LogP contribution in [0.3, 0.4) is 0 Å². The Morgan fingerprint density at radius 1 is 1.16 bits per heavy atom. The summed E-state index contributed by atoms with van der Waals surface area (Å²) in [6, 6.07) is 9.49. The predicted octanol–water partition coefficient (Wildman–Crippen LogP) is 2.54. The van der Waals surface area contributed by atoms with E-state index in [2.05, 4.69) is 37.6 Å². The normalized spacial score (nSPS) is 16.3. The van der Waals surface area contributed by atoms with Gasteiger partial charge in [-0.3, -0.25) is 14.5 Å². The minimum Gasteiger partial charge on any atom is -0.486 e. The third-order valence-electron chi connectivity index (χ3n) is 8.02. The van der Waals surface area contributed by atoms with Gasteiger partial charge in [-0.2, -0.15) is 4.98 Å². The molecule has 0 aliphatic carbocycles. The van der Waals surface area contributed by atoms with Crippen LogP contribution in [0.1, 0.15) is 52.7 Å². The standard InChI is InChI=1S/C31H40N6O6/c1-20-28(43-19-33-20)18-42-27-5-4-23-16-36(9-6-22(23)12-27)17-26(39)15-32-31(40)24-13-29(35-30(14-24)41-3)34-25-7-10-37(11-8-25)21(2)38/h4-5,12-14,19,25-26,39H,6-11,15-18H2,1-3H3,(H,32,40)(H,34,35). The molecule has 3 aromatic rings. The van der Waals surface area contributed by atoms with Gasteiger partial charge in [-0.25, -0.2) is 4.98 Å². The van der Waals surface area contributed by atoms with E-state index in [1.165, 1.54) is 24.6 Å². The van der Waals surface area contributed by atoms with Gasteiger partial charge in [-0.1, -0.05) is 6.07 Å². The smallest absolute Gasteiger partial charge is 0.251 e. The summed E-state index contributed by atoms with van der Waals surface area (Å²) in [5, 5.41) is 17.0. The van der Waals surface area contributed by atoms with Crippen molar-refractivity contribution in [3.8, 4) is 11.6 Å². The minimum atomic E-state index is -0.731. The molecule has 1 unspecified atom stereocenters. The summed E-state index contributed by atoms with van der Waals surface area (Å²) in [6.45, 7) is 7.24. The Morgan fingerprint density at radius 3 is 2.70 bits per heavy atom. The topological polar surface area (TPSA) is 142 Å². The van der Waals surface area contributed by atoms with Gasteiger partial charge < -0.3 is 34.5 Å². The number of fused-ring (bicyclic) bond motifs is 1. The fraction of sp³-hybridized carbons (Fsp3) is 0.484. The van der Waals surface area contributed by atoms with Crippen LogP contribution in [-0.4, -0.2) is 88.7 Å². The first-order valence-corrected chi connectivity index (χ1v) is 14.7. The second-order valence-electron chi connectivity index (χ2n) is 11.1. The van der Waals surface area contributed by atoms with E-state index in [1.807, 2.05) is 17.9 Å². The molecule has 2 aliphatic heterocycles. The number of anilines is 1. The molecule has 0 spiro atoms. The van der Waals surface area contributed by atoms with Crippen molar-refractivity contribution < 1.29 is 28.6 Å². The predicted molar refractivity (Wildman–Crippen MR) is 159 cm³/mol. The number of hydrogen-bond acceptors (Lipinski definition) is 10. The lowest BCUT2D eigenvalue weighted by Gasteiger charge is -2.32. The zero-order valence-electron chi connectivity index (χ0n) is 25.0. The molecule has 2 aliphatic rings. The molecule has 43 heavy (non-hydrogen) atoms. The number of hydrogen-bond donors (Lipinski definition) is 3. The maximum absolute atomic E-state index is 13.0. The van der Waals surface area contributed by atoms with Crippen molar-refractivity contribution in [3.63, 3.8) is 0 Å². The fourth-order valence-corrected chi connectivity index (χ4v) is 5.48. The lowest BCUT2D eigenvalue weighted by atomic mass is 9.99. The first-order valence-electron chi connectivity index (χ1n) is 14.7. The summed E-state index contributed by atoms with van der Waals surface area (Å²) in [4.78, 5) is 37.2. The summed E-state index contributed by atoms with van der Waals surface area (Å²) < 4.78 is 16.6. The fourth-order valence-electron chi connectivity index (χ4n) is 5.48. The molecule has 5 rings (SSSR count). The minimum absolute atomic E-state index is 0.0825. The van der Waals surface area contributed by atoms with Crippen molar-refractivity contribution >= 4 is 17.6 Å². The van der Waals surface area contributed by atoms with Gasteiger partial charge in [0.25, 0.3) is 5.91 Å². The highest BCUT2D eigenvalue weighted by Crippen LogP contribution is 2.25. The SMILES string of the molecule is COc1cc(C(=O)NCC(O)CN2CCc3cc(OCc4ocnc4C)ccc3C2)cc(NC2CCN(C(C)=O)CC2)n1. The third kappa shape index (κ3) is 8.02. The zero-order chi connectivity index (χ0) is 30.3. The van der Waals surface area contributed by atoms with E-state index in [0.29, 0.717) is 55.8 Å². The van der Waals surface area contributed by atoms with E-state index in [0.717, 1.165) is 37.3 Å². The number of aliphatic hydroxyl groups is 1. The Bertz CT molecular complexity index is 1420. The monoisotopic (exact) mass is 592 g/mol. The van der Waals surface area contributed by atoms with Crippen LogP contribution in [0.5, 0.6) is 11.6 Å². The number of ether oxygens (including phenoxy) is 2. The van der Waals surface area contributed by atoms with Crippen LogP contribution >= 0.6 is 0 Å². The zero-order valence-corrected chi connectivity index (χ0v) is 25.0. The maximum atomic E-state index is 13.0. The lowest BCUT2D eigenvalue weighted by molar-refractivity contribution is -0.129. The van der Waals surface area contributed by atoms with Gasteiger partial charge in [0.05, 0.1) is 18.9 Å². The number of methoxy groups -OCH3 is 1. The molecule has 1 aromatic carbocycles.